The number of carbonyl (C=O) groups excluding carboxylic acids is 1. The smallest absolute Gasteiger partial charge is 0.262 e. The van der Waals surface area contributed by atoms with Gasteiger partial charge in [-0.15, -0.1) is 0 Å². The lowest BCUT2D eigenvalue weighted by atomic mass is 9.96. The van der Waals surface area contributed by atoms with Gasteiger partial charge in [-0.3, -0.25) is 4.79 Å². The quantitative estimate of drug-likeness (QED) is 0.695. The molecule has 0 N–H and O–H groups in total. The first-order valence-corrected chi connectivity index (χ1v) is 9.50. The predicted octanol–water partition coefficient (Wildman–Crippen LogP) is 4.15. The van der Waals surface area contributed by atoms with Gasteiger partial charge in [-0.05, 0) is 33.5 Å². The van der Waals surface area contributed by atoms with E-state index in [1.807, 2.05) is 20.8 Å². The van der Waals surface area contributed by atoms with E-state index in [-0.39, 0.29) is 31.3 Å². The Balaban J connectivity index is 3.27. The molecule has 0 aliphatic heterocycles. The molecule has 0 saturated heterocycles. The van der Waals surface area contributed by atoms with Crippen LogP contribution in [0.1, 0.15) is 31.1 Å². The van der Waals surface area contributed by atoms with Crippen LogP contribution in [0.2, 0.25) is 5.02 Å². The summed E-state index contributed by atoms with van der Waals surface area (Å²) in [6, 6.07) is 2.64. The van der Waals surface area contributed by atoms with Gasteiger partial charge in [0.15, 0.2) is 0 Å². The molecule has 0 spiro atoms. The van der Waals surface area contributed by atoms with E-state index in [1.54, 1.807) is 7.05 Å². The minimum Gasteiger partial charge on any atom is -0.341 e. The maximum absolute atomic E-state index is 12.4. The number of rotatable bonds is 3. The molecule has 118 valence electrons. The third kappa shape index (κ3) is 5.13. The summed E-state index contributed by atoms with van der Waals surface area (Å²) < 4.78 is 23.2. The molecule has 4 nitrogen and oxygen atoms in total. The predicted molar refractivity (Wildman–Crippen MR) is 88.6 cm³/mol. The van der Waals surface area contributed by atoms with Gasteiger partial charge < -0.3 is 4.90 Å². The summed E-state index contributed by atoms with van der Waals surface area (Å²) in [5, 5.41) is 0.115. The standard InChI is InChI=1S/C13H16BrCl2NO3S/c1-13(2,3)7-17(4)12(18)8-5-9(15)11(14)10(6-8)21(16,19)20/h5-6H,7H2,1-4H3. The zero-order valence-corrected chi connectivity index (χ0v) is 16.0. The summed E-state index contributed by atoms with van der Waals surface area (Å²) in [5.41, 5.74) is 0.0967. The first kappa shape index (κ1) is 18.7. The Bertz CT molecular complexity index is 669. The molecule has 0 saturated carbocycles. The van der Waals surface area contributed by atoms with Crippen molar-refractivity contribution in [3.8, 4) is 0 Å². The van der Waals surface area contributed by atoms with Gasteiger partial charge in [0.05, 0.1) is 14.4 Å². The second-order valence-corrected chi connectivity index (χ2v) is 9.66. The number of nitrogens with zero attached hydrogens (tertiary/aromatic N) is 1. The molecule has 0 bridgehead atoms. The van der Waals surface area contributed by atoms with Gasteiger partial charge in [0.25, 0.3) is 15.0 Å². The molecule has 0 fully saturated rings. The number of halogens is 3. The number of benzene rings is 1. The molecule has 0 aromatic heterocycles. The topological polar surface area (TPSA) is 54.5 Å². The van der Waals surface area contributed by atoms with Crippen LogP contribution in [-0.2, 0) is 9.05 Å². The van der Waals surface area contributed by atoms with E-state index in [0.29, 0.717) is 6.54 Å². The highest BCUT2D eigenvalue weighted by atomic mass is 79.9. The number of carbonyl (C=O) groups is 1. The fraction of sp³-hybridized carbons (Fsp3) is 0.462. The van der Waals surface area contributed by atoms with Crippen LogP contribution >= 0.6 is 38.2 Å². The van der Waals surface area contributed by atoms with Crippen LogP contribution in [0.5, 0.6) is 0 Å². The molecule has 1 aromatic carbocycles. The van der Waals surface area contributed by atoms with E-state index in [0.717, 1.165) is 0 Å². The van der Waals surface area contributed by atoms with Crippen LogP contribution in [0, 0.1) is 5.41 Å². The van der Waals surface area contributed by atoms with Gasteiger partial charge in [0.2, 0.25) is 0 Å². The summed E-state index contributed by atoms with van der Waals surface area (Å²) in [6.07, 6.45) is 0. The van der Waals surface area contributed by atoms with Crippen LogP contribution in [0.25, 0.3) is 0 Å². The van der Waals surface area contributed by atoms with E-state index < -0.39 is 9.05 Å². The van der Waals surface area contributed by atoms with Gasteiger partial charge in [-0.2, -0.15) is 0 Å². The summed E-state index contributed by atoms with van der Waals surface area (Å²) in [5.74, 6) is -0.319. The minimum absolute atomic E-state index is 0.0784. The van der Waals surface area contributed by atoms with Gasteiger partial charge in [-0.1, -0.05) is 32.4 Å². The molecular formula is C13H16BrCl2NO3S. The SMILES string of the molecule is CN(CC(C)(C)C)C(=O)c1cc(Cl)c(Br)c(S(=O)(=O)Cl)c1. The van der Waals surface area contributed by atoms with Crippen LogP contribution in [-0.4, -0.2) is 32.8 Å². The third-order valence-electron chi connectivity index (χ3n) is 2.56. The minimum atomic E-state index is -4.00. The van der Waals surface area contributed by atoms with Crippen molar-refractivity contribution in [1.29, 1.82) is 0 Å². The van der Waals surface area contributed by atoms with E-state index in [1.165, 1.54) is 17.0 Å². The molecule has 0 aliphatic carbocycles. The molecule has 0 radical (unpaired) electrons. The summed E-state index contributed by atoms with van der Waals surface area (Å²) in [4.78, 5) is 13.7. The highest BCUT2D eigenvalue weighted by molar-refractivity contribution is 9.10. The van der Waals surface area contributed by atoms with Gasteiger partial charge in [0.1, 0.15) is 0 Å². The normalized spacial score (nSPS) is 12.3. The maximum Gasteiger partial charge on any atom is 0.262 e. The van der Waals surface area contributed by atoms with Crippen LogP contribution in [0.4, 0.5) is 0 Å². The molecular weight excluding hydrogens is 401 g/mol. The molecule has 8 heteroatoms. The number of hydrogen-bond acceptors (Lipinski definition) is 3. The second-order valence-electron chi connectivity index (χ2n) is 5.93. The van der Waals surface area contributed by atoms with Crippen molar-refractivity contribution < 1.29 is 13.2 Å². The van der Waals surface area contributed by atoms with Crippen LogP contribution < -0.4 is 0 Å². The van der Waals surface area contributed by atoms with Crippen molar-refractivity contribution in [2.24, 2.45) is 5.41 Å². The number of hydrogen-bond donors (Lipinski definition) is 0. The average Bonchev–Trinajstić information content (AvgIpc) is 2.27. The lowest BCUT2D eigenvalue weighted by Crippen LogP contribution is -2.34. The molecule has 0 unspecified atom stereocenters. The van der Waals surface area contributed by atoms with Crippen LogP contribution in [0.3, 0.4) is 0 Å². The molecule has 1 amide bonds. The first-order valence-electron chi connectivity index (χ1n) is 6.02. The Kier molecular flexibility index (Phi) is 5.75. The Hall–Kier alpha value is -0.300. The van der Waals surface area contributed by atoms with Crippen molar-refractivity contribution in [3.63, 3.8) is 0 Å². The molecule has 1 rings (SSSR count). The second kappa shape index (κ2) is 6.44. The maximum atomic E-state index is 12.4. The fourth-order valence-electron chi connectivity index (χ4n) is 1.87. The van der Waals surface area contributed by atoms with E-state index in [2.05, 4.69) is 15.9 Å². The molecule has 0 heterocycles. The van der Waals surface area contributed by atoms with Crippen LogP contribution in [0.15, 0.2) is 21.5 Å². The largest absolute Gasteiger partial charge is 0.341 e. The Labute approximate surface area is 143 Å². The molecule has 21 heavy (non-hydrogen) atoms. The van der Waals surface area contributed by atoms with E-state index in [4.69, 9.17) is 22.3 Å². The Morgan fingerprint density at radius 3 is 2.29 bits per heavy atom. The zero-order valence-electron chi connectivity index (χ0n) is 12.1. The Morgan fingerprint density at radius 2 is 1.86 bits per heavy atom. The van der Waals surface area contributed by atoms with Crippen molar-refractivity contribution in [2.75, 3.05) is 13.6 Å². The fourth-order valence-corrected chi connectivity index (χ4v) is 4.25. The average molecular weight is 417 g/mol. The van der Waals surface area contributed by atoms with Gasteiger partial charge in [0, 0.05) is 29.8 Å². The van der Waals surface area contributed by atoms with Gasteiger partial charge >= 0.3 is 0 Å². The molecule has 0 atom stereocenters. The summed E-state index contributed by atoms with van der Waals surface area (Å²) in [7, 11) is 3.01. The lowest BCUT2D eigenvalue weighted by molar-refractivity contribution is 0.0745. The number of amides is 1. The van der Waals surface area contributed by atoms with E-state index in [9.17, 15) is 13.2 Å². The molecule has 0 aliphatic rings. The van der Waals surface area contributed by atoms with E-state index >= 15 is 0 Å². The monoisotopic (exact) mass is 415 g/mol. The summed E-state index contributed by atoms with van der Waals surface area (Å²) in [6.45, 7) is 6.52. The lowest BCUT2D eigenvalue weighted by Gasteiger charge is -2.26. The Morgan fingerprint density at radius 1 is 1.33 bits per heavy atom. The van der Waals surface area contributed by atoms with Crippen molar-refractivity contribution in [2.45, 2.75) is 25.7 Å². The van der Waals surface area contributed by atoms with Gasteiger partial charge in [-0.25, -0.2) is 8.42 Å². The van der Waals surface area contributed by atoms with Crippen molar-refractivity contribution in [1.82, 2.24) is 4.90 Å². The first-order chi connectivity index (χ1) is 9.33. The third-order valence-corrected chi connectivity index (χ3v) is 5.55. The summed E-state index contributed by atoms with van der Waals surface area (Å²) >= 11 is 9.03. The zero-order chi connectivity index (χ0) is 16.6. The van der Waals surface area contributed by atoms with Crippen molar-refractivity contribution in [3.05, 3.63) is 27.2 Å². The van der Waals surface area contributed by atoms with Crippen molar-refractivity contribution >= 4 is 53.2 Å². The highest BCUT2D eigenvalue weighted by Gasteiger charge is 2.23. The highest BCUT2D eigenvalue weighted by Crippen LogP contribution is 2.33. The molecule has 1 aromatic rings.